The molecule has 2 heterocycles. The molecule has 6 nitrogen and oxygen atoms in total. The molecule has 0 fully saturated rings. The summed E-state index contributed by atoms with van der Waals surface area (Å²) in [5.41, 5.74) is 7.88. The number of rotatable bonds is 5. The third-order valence-corrected chi connectivity index (χ3v) is 11.4. The van der Waals surface area contributed by atoms with E-state index in [4.69, 9.17) is 0 Å². The Balaban J connectivity index is 1.34. The summed E-state index contributed by atoms with van der Waals surface area (Å²) in [6.45, 7) is 0. The summed E-state index contributed by atoms with van der Waals surface area (Å²) in [6.07, 6.45) is -4.77. The summed E-state index contributed by atoms with van der Waals surface area (Å²) >= 11 is 0. The van der Waals surface area contributed by atoms with Crippen LogP contribution in [0.3, 0.4) is 0 Å². The molecule has 10 aromatic rings. The van der Waals surface area contributed by atoms with Gasteiger partial charge in [0.2, 0.25) is 0 Å². The van der Waals surface area contributed by atoms with Crippen LogP contribution in [0.4, 0.5) is 13.2 Å². The first-order chi connectivity index (χ1) is 30.2. The van der Waals surface area contributed by atoms with Crippen molar-refractivity contribution in [1.82, 2.24) is 9.13 Å². The van der Waals surface area contributed by atoms with Gasteiger partial charge in [-0.25, -0.2) is 0 Å². The number of aromatic nitrogens is 2. The van der Waals surface area contributed by atoms with Gasteiger partial charge in [0, 0.05) is 27.1 Å². The van der Waals surface area contributed by atoms with Crippen LogP contribution in [0.25, 0.3) is 88.4 Å². The molecule has 0 saturated carbocycles. The number of hydrogen-bond acceptors (Lipinski definition) is 4. The number of alkyl halides is 3. The molecule has 0 amide bonds. The van der Waals surface area contributed by atoms with Gasteiger partial charge in [-0.1, -0.05) is 72.8 Å². The Kier molecular flexibility index (Phi) is 8.70. The van der Waals surface area contributed by atoms with Crippen molar-refractivity contribution in [3.05, 3.63) is 192 Å². The molecule has 2 aromatic heterocycles. The summed E-state index contributed by atoms with van der Waals surface area (Å²) in [4.78, 5) is 0. The highest BCUT2D eigenvalue weighted by molar-refractivity contribution is 6.13. The first-order valence-electron chi connectivity index (χ1n) is 19.5. The lowest BCUT2D eigenvalue weighted by Crippen LogP contribution is -2.08. The minimum Gasteiger partial charge on any atom is -0.308 e. The van der Waals surface area contributed by atoms with Gasteiger partial charge in [0.25, 0.3) is 0 Å². The van der Waals surface area contributed by atoms with Crippen LogP contribution in [-0.4, -0.2) is 9.13 Å². The van der Waals surface area contributed by atoms with E-state index in [9.17, 15) is 34.2 Å². The normalized spacial score (nSPS) is 11.4. The Labute approximate surface area is 352 Å². The van der Waals surface area contributed by atoms with Gasteiger partial charge in [-0.3, -0.25) is 0 Å². The second kappa shape index (κ2) is 14.4. The van der Waals surface area contributed by atoms with Gasteiger partial charge in [0.1, 0.15) is 0 Å². The van der Waals surface area contributed by atoms with Crippen LogP contribution >= 0.6 is 0 Å². The standard InChI is InChI=1S/C53H27F3N6/c54-53(55,56)41-22-34(30-59)21-40(25-41)52-50(61-46-13-3-1-11-42(46)44-26-38(15-17-48(44)61)36-9-5-7-32(19-36)28-57)23-35(31-60)24-51(52)62-47-14-4-2-12-43(47)45-27-39(16-18-49(45)62)37-10-6-8-33(20-37)29-58/h1-27H. The van der Waals surface area contributed by atoms with E-state index >= 15 is 0 Å². The average molecular weight is 805 g/mol. The van der Waals surface area contributed by atoms with Crippen LogP contribution in [0.1, 0.15) is 27.8 Å². The molecular formula is C53H27F3N6. The van der Waals surface area contributed by atoms with E-state index < -0.39 is 11.7 Å². The lowest BCUT2D eigenvalue weighted by Gasteiger charge is -2.22. The zero-order valence-corrected chi connectivity index (χ0v) is 32.4. The molecule has 0 aliphatic rings. The molecule has 8 aromatic carbocycles. The topological polar surface area (TPSA) is 105 Å². The summed E-state index contributed by atoms with van der Waals surface area (Å²) in [7, 11) is 0. The number of halogens is 3. The molecule has 10 rings (SSSR count). The average Bonchev–Trinajstić information content (AvgIpc) is 3.82. The monoisotopic (exact) mass is 804 g/mol. The number of benzene rings is 8. The van der Waals surface area contributed by atoms with Crippen molar-refractivity contribution in [1.29, 1.82) is 21.0 Å². The van der Waals surface area contributed by atoms with E-state index in [1.54, 1.807) is 24.3 Å². The molecule has 0 saturated heterocycles. The van der Waals surface area contributed by atoms with E-state index in [0.29, 0.717) is 28.1 Å². The number of hydrogen-bond donors (Lipinski definition) is 0. The van der Waals surface area contributed by atoms with Crippen molar-refractivity contribution >= 4 is 43.6 Å². The van der Waals surface area contributed by atoms with E-state index in [1.165, 1.54) is 6.07 Å². The van der Waals surface area contributed by atoms with Crippen molar-refractivity contribution in [2.24, 2.45) is 0 Å². The number of fused-ring (bicyclic) bond motifs is 6. The highest BCUT2D eigenvalue weighted by atomic mass is 19.4. The van der Waals surface area contributed by atoms with Crippen LogP contribution in [0.5, 0.6) is 0 Å². The van der Waals surface area contributed by atoms with Crippen LogP contribution in [-0.2, 0) is 6.18 Å². The van der Waals surface area contributed by atoms with Crippen molar-refractivity contribution in [3.8, 4) is 69.0 Å². The van der Waals surface area contributed by atoms with Crippen LogP contribution in [0.15, 0.2) is 164 Å². The Morgan fingerprint density at radius 1 is 0.355 bits per heavy atom. The smallest absolute Gasteiger partial charge is 0.308 e. The third kappa shape index (κ3) is 6.09. The van der Waals surface area contributed by atoms with E-state index in [0.717, 1.165) is 78.0 Å². The van der Waals surface area contributed by atoms with Crippen molar-refractivity contribution in [3.63, 3.8) is 0 Å². The second-order valence-electron chi connectivity index (χ2n) is 15.0. The molecule has 0 bridgehead atoms. The summed E-state index contributed by atoms with van der Waals surface area (Å²) in [5.74, 6) is 0. The Morgan fingerprint density at radius 3 is 1.24 bits per heavy atom. The van der Waals surface area contributed by atoms with Gasteiger partial charge in [0.15, 0.2) is 0 Å². The number of para-hydroxylation sites is 2. The lowest BCUT2D eigenvalue weighted by atomic mass is 9.94. The summed E-state index contributed by atoms with van der Waals surface area (Å²) in [6, 6.07) is 57.4. The van der Waals surface area contributed by atoms with Gasteiger partial charge < -0.3 is 9.13 Å². The molecule has 0 N–H and O–H groups in total. The Morgan fingerprint density at radius 2 is 0.774 bits per heavy atom. The molecule has 0 radical (unpaired) electrons. The number of nitrogens with zero attached hydrogens (tertiary/aromatic N) is 6. The fourth-order valence-corrected chi connectivity index (χ4v) is 8.69. The van der Waals surface area contributed by atoms with Gasteiger partial charge in [-0.05, 0) is 119 Å². The van der Waals surface area contributed by atoms with Gasteiger partial charge in [-0.2, -0.15) is 34.2 Å². The molecule has 0 spiro atoms. The van der Waals surface area contributed by atoms with Crippen LogP contribution in [0, 0.1) is 45.3 Å². The van der Waals surface area contributed by atoms with Crippen LogP contribution in [0.2, 0.25) is 0 Å². The minimum atomic E-state index is -4.77. The Hall–Kier alpha value is -8.89. The maximum atomic E-state index is 14.8. The van der Waals surface area contributed by atoms with E-state index in [1.807, 2.05) is 137 Å². The lowest BCUT2D eigenvalue weighted by molar-refractivity contribution is -0.137. The van der Waals surface area contributed by atoms with Gasteiger partial charge in [-0.15, -0.1) is 0 Å². The van der Waals surface area contributed by atoms with Gasteiger partial charge >= 0.3 is 6.18 Å². The van der Waals surface area contributed by atoms with E-state index in [-0.39, 0.29) is 16.7 Å². The fraction of sp³-hybridized carbons (Fsp3) is 0.0189. The molecule has 0 aliphatic heterocycles. The zero-order chi connectivity index (χ0) is 42.7. The van der Waals surface area contributed by atoms with Crippen molar-refractivity contribution in [2.45, 2.75) is 6.18 Å². The quantitative estimate of drug-likeness (QED) is 0.173. The molecule has 0 atom stereocenters. The first-order valence-corrected chi connectivity index (χ1v) is 19.5. The van der Waals surface area contributed by atoms with Gasteiger partial charge in [0.05, 0.1) is 85.5 Å². The predicted octanol–water partition coefficient (Wildman–Crippen LogP) is 13.4. The highest BCUT2D eigenvalue weighted by Crippen LogP contribution is 2.45. The minimum absolute atomic E-state index is 0.137. The Bertz CT molecular complexity index is 3500. The van der Waals surface area contributed by atoms with E-state index in [2.05, 4.69) is 18.2 Å². The first kappa shape index (κ1) is 37.4. The zero-order valence-electron chi connectivity index (χ0n) is 32.4. The molecule has 62 heavy (non-hydrogen) atoms. The predicted molar refractivity (Wildman–Crippen MR) is 235 cm³/mol. The maximum Gasteiger partial charge on any atom is 0.416 e. The second-order valence-corrected chi connectivity index (χ2v) is 15.0. The fourth-order valence-electron chi connectivity index (χ4n) is 8.69. The summed E-state index contributed by atoms with van der Waals surface area (Å²) in [5, 5.41) is 43.6. The SMILES string of the molecule is N#Cc1cccc(-c2ccc3c(c2)c2ccccc2n3-c2cc(C#N)cc(-n3c4ccccc4c4cc(-c5cccc(C#N)c5)ccc43)c2-c2cc(C#N)cc(C(F)(F)F)c2)c1. The molecule has 0 aliphatic carbocycles. The molecular weight excluding hydrogens is 778 g/mol. The summed E-state index contributed by atoms with van der Waals surface area (Å²) < 4.78 is 48.2. The van der Waals surface area contributed by atoms with Crippen molar-refractivity contribution < 1.29 is 13.2 Å². The molecule has 0 unspecified atom stereocenters. The molecule has 290 valence electrons. The number of nitriles is 4. The highest BCUT2D eigenvalue weighted by Gasteiger charge is 2.33. The van der Waals surface area contributed by atoms with Crippen molar-refractivity contribution in [2.75, 3.05) is 0 Å². The van der Waals surface area contributed by atoms with Crippen LogP contribution < -0.4 is 0 Å². The third-order valence-electron chi connectivity index (χ3n) is 11.4. The largest absolute Gasteiger partial charge is 0.416 e. The molecule has 9 heteroatoms. The maximum absolute atomic E-state index is 14.8.